The summed E-state index contributed by atoms with van der Waals surface area (Å²) in [5.74, 6) is -1.000. The fraction of sp³-hybridized carbons (Fsp3) is 0.522. The third-order valence-electron chi connectivity index (χ3n) is 6.36. The normalized spacial score (nSPS) is 18.1. The molecule has 1 saturated heterocycles. The van der Waals surface area contributed by atoms with E-state index in [1.54, 1.807) is 11.0 Å². The number of rotatable bonds is 7. The quantitative estimate of drug-likeness (QED) is 0.560. The molecule has 8 nitrogen and oxygen atoms in total. The number of carbonyl (C=O) groups excluding carboxylic acids is 2. The average Bonchev–Trinajstić information content (AvgIpc) is 3.54. The molecule has 1 aromatic heterocycles. The van der Waals surface area contributed by atoms with Crippen LogP contribution >= 0.6 is 0 Å². The number of nitrogens with zero attached hydrogens (tertiary/aromatic N) is 2. The van der Waals surface area contributed by atoms with Crippen LogP contribution in [0.1, 0.15) is 59.0 Å². The Kier molecular flexibility index (Phi) is 6.83. The van der Waals surface area contributed by atoms with Gasteiger partial charge in [-0.3, -0.25) is 9.59 Å². The van der Waals surface area contributed by atoms with Crippen molar-refractivity contribution in [1.29, 1.82) is 0 Å². The van der Waals surface area contributed by atoms with Crippen LogP contribution in [0.15, 0.2) is 28.8 Å². The molecular formula is C23H27F3N4O4. The molecule has 0 radical (unpaired) electrons. The fourth-order valence-electron chi connectivity index (χ4n) is 4.21. The fourth-order valence-corrected chi connectivity index (χ4v) is 4.21. The molecule has 1 saturated carbocycles. The number of phenolic OH excluding ortho intramolecular Hbond substituents is 1. The molecular weight excluding hydrogens is 453 g/mol. The largest absolute Gasteiger partial charge is 0.507 e. The highest BCUT2D eigenvalue weighted by molar-refractivity contribution is 5.92. The van der Waals surface area contributed by atoms with Crippen LogP contribution in [-0.2, 0) is 17.4 Å². The second-order valence-corrected chi connectivity index (χ2v) is 8.95. The molecule has 4 N–H and O–H groups in total. The first-order chi connectivity index (χ1) is 16.2. The zero-order valence-corrected chi connectivity index (χ0v) is 18.5. The van der Waals surface area contributed by atoms with Crippen LogP contribution in [-0.4, -0.2) is 52.7 Å². The molecule has 1 aliphatic carbocycles. The lowest BCUT2D eigenvalue weighted by atomic mass is 9.95. The summed E-state index contributed by atoms with van der Waals surface area (Å²) >= 11 is 0. The van der Waals surface area contributed by atoms with Crippen molar-refractivity contribution in [3.8, 4) is 5.75 Å². The van der Waals surface area contributed by atoms with Crippen molar-refractivity contribution in [2.75, 3.05) is 19.6 Å². The molecule has 1 aromatic carbocycles. The number of halogens is 3. The van der Waals surface area contributed by atoms with Gasteiger partial charge >= 0.3 is 6.18 Å². The van der Waals surface area contributed by atoms with Gasteiger partial charge in [-0.25, -0.2) is 0 Å². The summed E-state index contributed by atoms with van der Waals surface area (Å²) in [7, 11) is 0. The van der Waals surface area contributed by atoms with Crippen molar-refractivity contribution < 1.29 is 32.4 Å². The zero-order chi connectivity index (χ0) is 24.5. The topological polar surface area (TPSA) is 122 Å². The van der Waals surface area contributed by atoms with Crippen molar-refractivity contribution in [2.45, 2.75) is 50.2 Å². The number of alkyl halides is 3. The van der Waals surface area contributed by atoms with E-state index in [1.807, 2.05) is 0 Å². The van der Waals surface area contributed by atoms with Crippen LogP contribution in [0.3, 0.4) is 0 Å². The second-order valence-electron chi connectivity index (χ2n) is 8.95. The summed E-state index contributed by atoms with van der Waals surface area (Å²) in [5.41, 5.74) is 5.16. The van der Waals surface area contributed by atoms with Gasteiger partial charge in [0.25, 0.3) is 5.91 Å². The van der Waals surface area contributed by atoms with E-state index in [0.717, 1.165) is 30.7 Å². The lowest BCUT2D eigenvalue weighted by Gasteiger charge is -2.34. The molecule has 184 valence electrons. The zero-order valence-electron chi connectivity index (χ0n) is 18.5. The lowest BCUT2D eigenvalue weighted by molar-refractivity contribution is -0.138. The smallest absolute Gasteiger partial charge is 0.419 e. The predicted molar refractivity (Wildman–Crippen MR) is 115 cm³/mol. The minimum absolute atomic E-state index is 0.0206. The van der Waals surface area contributed by atoms with E-state index < -0.39 is 23.4 Å². The molecule has 11 heteroatoms. The summed E-state index contributed by atoms with van der Waals surface area (Å²) < 4.78 is 44.4. The minimum Gasteiger partial charge on any atom is -0.507 e. The molecule has 2 aliphatic rings. The van der Waals surface area contributed by atoms with Gasteiger partial charge in [-0.15, -0.1) is 0 Å². The number of carbonyl (C=O) groups is 2. The van der Waals surface area contributed by atoms with Crippen molar-refractivity contribution in [3.05, 3.63) is 46.8 Å². The summed E-state index contributed by atoms with van der Waals surface area (Å²) in [5, 5.41) is 16.3. The molecule has 1 aliphatic heterocycles. The molecule has 1 atom stereocenters. The van der Waals surface area contributed by atoms with Crippen LogP contribution < -0.4 is 11.1 Å². The van der Waals surface area contributed by atoms with Crippen molar-refractivity contribution >= 4 is 11.8 Å². The summed E-state index contributed by atoms with van der Waals surface area (Å²) in [6, 6.07) is 4.74. The van der Waals surface area contributed by atoms with E-state index >= 15 is 0 Å². The van der Waals surface area contributed by atoms with Gasteiger partial charge in [0, 0.05) is 37.7 Å². The Morgan fingerprint density at radius 3 is 2.53 bits per heavy atom. The molecule has 0 spiro atoms. The second kappa shape index (κ2) is 9.65. The van der Waals surface area contributed by atoms with Crippen LogP contribution in [0.4, 0.5) is 13.2 Å². The van der Waals surface area contributed by atoms with Crippen molar-refractivity contribution in [1.82, 2.24) is 15.4 Å². The first kappa shape index (κ1) is 24.1. The highest BCUT2D eigenvalue weighted by atomic mass is 19.4. The molecule has 2 heterocycles. The molecule has 2 amide bonds. The number of amides is 2. The number of aromatic nitrogens is 1. The molecule has 2 fully saturated rings. The Labute approximate surface area is 194 Å². The number of likely N-dealkylation sites (tertiary alicyclic amines) is 1. The van der Waals surface area contributed by atoms with Crippen LogP contribution in [0.5, 0.6) is 5.75 Å². The number of piperidine rings is 1. The Bertz CT molecular complexity index is 1040. The summed E-state index contributed by atoms with van der Waals surface area (Å²) in [4.78, 5) is 27.0. The van der Waals surface area contributed by atoms with E-state index in [1.165, 1.54) is 6.07 Å². The third kappa shape index (κ3) is 5.52. The standard InChI is InChI=1S/C23H27F3N4O4/c24-23(25,26)17-10-13(1-4-19(17)31)9-15(12-27)22(33)30-7-5-16(6-8-30)28-21(32)18-11-20(34-29-18)14-2-3-14/h1,4,10-11,14-16,31H,2-3,5-9,12,27H2,(H,28,32)/t15-/m1/s1. The van der Waals surface area contributed by atoms with Crippen LogP contribution in [0, 0.1) is 5.92 Å². The molecule has 0 unspecified atom stereocenters. The summed E-state index contributed by atoms with van der Waals surface area (Å²) in [6.45, 7) is 0.777. The van der Waals surface area contributed by atoms with E-state index in [-0.39, 0.29) is 42.1 Å². The van der Waals surface area contributed by atoms with Gasteiger partial charge in [0.05, 0.1) is 11.5 Å². The third-order valence-corrected chi connectivity index (χ3v) is 6.36. The van der Waals surface area contributed by atoms with Gasteiger partial charge in [0.1, 0.15) is 11.5 Å². The number of phenols is 1. The molecule has 0 bridgehead atoms. The van der Waals surface area contributed by atoms with E-state index in [0.29, 0.717) is 31.8 Å². The van der Waals surface area contributed by atoms with Gasteiger partial charge in [0.2, 0.25) is 5.91 Å². The Morgan fingerprint density at radius 1 is 1.21 bits per heavy atom. The number of nitrogens with one attached hydrogen (secondary N) is 1. The number of aromatic hydroxyl groups is 1. The SMILES string of the molecule is NC[C@@H](Cc1ccc(O)c(C(F)(F)F)c1)C(=O)N1CCC(NC(=O)c2cc(C3CC3)on2)CC1. The van der Waals surface area contributed by atoms with E-state index in [2.05, 4.69) is 10.5 Å². The van der Waals surface area contributed by atoms with Crippen LogP contribution in [0.25, 0.3) is 0 Å². The Hall–Kier alpha value is -3.08. The average molecular weight is 480 g/mol. The number of hydrogen-bond acceptors (Lipinski definition) is 6. The monoisotopic (exact) mass is 480 g/mol. The highest BCUT2D eigenvalue weighted by Crippen LogP contribution is 2.40. The van der Waals surface area contributed by atoms with Crippen LogP contribution in [0.2, 0.25) is 0 Å². The van der Waals surface area contributed by atoms with Gasteiger partial charge < -0.3 is 25.6 Å². The Balaban J connectivity index is 1.30. The minimum atomic E-state index is -4.69. The van der Waals surface area contributed by atoms with E-state index in [4.69, 9.17) is 10.3 Å². The van der Waals surface area contributed by atoms with Gasteiger partial charge in [-0.1, -0.05) is 11.2 Å². The van der Waals surface area contributed by atoms with Gasteiger partial charge in [0.15, 0.2) is 5.69 Å². The molecule has 34 heavy (non-hydrogen) atoms. The lowest BCUT2D eigenvalue weighted by Crippen LogP contribution is -2.49. The number of hydrogen-bond donors (Lipinski definition) is 3. The van der Waals surface area contributed by atoms with Crippen molar-refractivity contribution in [2.24, 2.45) is 11.7 Å². The molecule has 2 aromatic rings. The first-order valence-electron chi connectivity index (χ1n) is 11.3. The highest BCUT2D eigenvalue weighted by Gasteiger charge is 2.35. The number of benzene rings is 1. The molecule has 4 rings (SSSR count). The van der Waals surface area contributed by atoms with Crippen molar-refractivity contribution in [3.63, 3.8) is 0 Å². The predicted octanol–water partition coefficient (Wildman–Crippen LogP) is 2.81. The summed E-state index contributed by atoms with van der Waals surface area (Å²) in [6.07, 6.45) is -1.49. The van der Waals surface area contributed by atoms with E-state index in [9.17, 15) is 27.9 Å². The maximum absolute atomic E-state index is 13.1. The first-order valence-corrected chi connectivity index (χ1v) is 11.3. The number of nitrogens with two attached hydrogens (primary N) is 1. The van der Waals surface area contributed by atoms with Gasteiger partial charge in [-0.2, -0.15) is 13.2 Å². The maximum Gasteiger partial charge on any atom is 0.419 e. The maximum atomic E-state index is 13.1. The van der Waals surface area contributed by atoms with Gasteiger partial charge in [-0.05, 0) is 49.8 Å². The Morgan fingerprint density at radius 2 is 1.91 bits per heavy atom.